The van der Waals surface area contributed by atoms with Crippen LogP contribution in [0.3, 0.4) is 0 Å². The van der Waals surface area contributed by atoms with Gasteiger partial charge in [-0.25, -0.2) is 0 Å². The quantitative estimate of drug-likeness (QED) is 0.154. The molecule has 9 nitrogen and oxygen atoms in total. The van der Waals surface area contributed by atoms with Crippen molar-refractivity contribution in [1.82, 2.24) is 0 Å². The standard InChI is InChI=1S/C36H42O9/c1-20(2)10-9-11-22(5)13-15-27-26(16-17-31(42-23(6)37)35(27)43-24(7)38)32-19-30(41)34-33(45-32)18-29(40)28(14-12-21(3)4)36(34)44-25(8)39/h10,12-13,16-18,32,40H,9,11,14-15,19H2,1-8H3/b22-13+/t32-/m0/s1. The van der Waals surface area contributed by atoms with Crippen LogP contribution in [-0.2, 0) is 27.2 Å². The number of ketones is 1. The SMILES string of the molecule is CC(=O)Oc1ccc([C@@H]2CC(=O)c3c(cc(O)c(CC=C(C)C)c3OC(C)=O)O2)c(C/C=C(\C)CCC=C(C)C)c1OC(C)=O. The van der Waals surface area contributed by atoms with E-state index < -0.39 is 24.0 Å². The highest BCUT2D eigenvalue weighted by molar-refractivity contribution is 6.04. The monoisotopic (exact) mass is 618 g/mol. The summed E-state index contributed by atoms with van der Waals surface area (Å²) >= 11 is 0. The van der Waals surface area contributed by atoms with Crippen LogP contribution in [0.25, 0.3) is 0 Å². The number of phenolic OH excluding ortho intramolecular Hbond substituents is 1. The summed E-state index contributed by atoms with van der Waals surface area (Å²) in [6, 6.07) is 4.52. The molecule has 45 heavy (non-hydrogen) atoms. The number of carbonyl (C=O) groups is 4. The summed E-state index contributed by atoms with van der Waals surface area (Å²) in [7, 11) is 0. The fourth-order valence-corrected chi connectivity index (χ4v) is 5.01. The lowest BCUT2D eigenvalue weighted by molar-refractivity contribution is -0.134. The van der Waals surface area contributed by atoms with E-state index in [2.05, 4.69) is 6.08 Å². The molecule has 1 N–H and O–H groups in total. The molecule has 2 aromatic rings. The number of allylic oxidation sites excluding steroid dienone is 6. The molecule has 0 spiro atoms. The Kier molecular flexibility index (Phi) is 11.9. The Balaban J connectivity index is 2.17. The molecule has 240 valence electrons. The molecule has 3 rings (SSSR count). The van der Waals surface area contributed by atoms with Crippen LogP contribution in [0.2, 0.25) is 0 Å². The van der Waals surface area contributed by atoms with Crippen LogP contribution in [0.15, 0.2) is 53.1 Å². The minimum atomic E-state index is -0.853. The Hall–Kier alpha value is -4.66. The van der Waals surface area contributed by atoms with Crippen molar-refractivity contribution in [3.8, 4) is 28.7 Å². The lowest BCUT2D eigenvalue weighted by Gasteiger charge is -2.30. The number of esters is 3. The van der Waals surface area contributed by atoms with Crippen LogP contribution in [-0.4, -0.2) is 28.8 Å². The average Bonchev–Trinajstić information content (AvgIpc) is 2.91. The zero-order chi connectivity index (χ0) is 33.4. The fourth-order valence-electron chi connectivity index (χ4n) is 5.01. The number of phenols is 1. The molecule has 0 saturated heterocycles. The van der Waals surface area contributed by atoms with E-state index in [1.807, 2.05) is 46.8 Å². The van der Waals surface area contributed by atoms with Crippen molar-refractivity contribution < 1.29 is 43.2 Å². The van der Waals surface area contributed by atoms with Crippen molar-refractivity contribution in [3.63, 3.8) is 0 Å². The third-order valence-corrected chi connectivity index (χ3v) is 7.06. The minimum Gasteiger partial charge on any atom is -0.507 e. The van der Waals surface area contributed by atoms with Crippen molar-refractivity contribution in [2.24, 2.45) is 0 Å². The number of hydrogen-bond donors (Lipinski definition) is 1. The highest BCUT2D eigenvalue weighted by Gasteiger charge is 2.36. The third-order valence-electron chi connectivity index (χ3n) is 7.06. The van der Waals surface area contributed by atoms with Crippen LogP contribution in [0.5, 0.6) is 28.7 Å². The summed E-state index contributed by atoms with van der Waals surface area (Å²) in [4.78, 5) is 49.9. The molecule has 0 unspecified atom stereocenters. The van der Waals surface area contributed by atoms with E-state index in [4.69, 9.17) is 18.9 Å². The second-order valence-corrected chi connectivity index (χ2v) is 11.6. The first-order valence-electron chi connectivity index (χ1n) is 14.9. The number of Topliss-reactive ketones (excluding diaryl/α,β-unsaturated/α-hetero) is 1. The van der Waals surface area contributed by atoms with Gasteiger partial charge in [-0.05, 0) is 66.4 Å². The first kappa shape index (κ1) is 34.8. The molecule has 1 aliphatic rings. The van der Waals surface area contributed by atoms with Gasteiger partial charge >= 0.3 is 17.9 Å². The number of rotatable bonds is 11. The van der Waals surface area contributed by atoms with Gasteiger partial charge in [-0.3, -0.25) is 19.2 Å². The maximum atomic E-state index is 13.8. The van der Waals surface area contributed by atoms with E-state index in [0.717, 1.165) is 24.0 Å². The Labute approximate surface area is 264 Å². The summed E-state index contributed by atoms with van der Waals surface area (Å²) < 4.78 is 22.8. The Morgan fingerprint density at radius 1 is 0.822 bits per heavy atom. The number of hydrogen-bond acceptors (Lipinski definition) is 9. The van der Waals surface area contributed by atoms with E-state index in [0.29, 0.717) is 23.1 Å². The van der Waals surface area contributed by atoms with Gasteiger partial charge in [-0.2, -0.15) is 0 Å². The first-order chi connectivity index (χ1) is 21.2. The zero-order valence-corrected chi connectivity index (χ0v) is 27.3. The number of benzene rings is 2. The number of fused-ring (bicyclic) bond motifs is 1. The molecule has 9 heteroatoms. The van der Waals surface area contributed by atoms with Gasteiger partial charge < -0.3 is 24.1 Å². The topological polar surface area (TPSA) is 125 Å². The van der Waals surface area contributed by atoms with E-state index >= 15 is 0 Å². The van der Waals surface area contributed by atoms with Gasteiger partial charge in [0.15, 0.2) is 23.0 Å². The predicted molar refractivity (Wildman–Crippen MR) is 170 cm³/mol. The zero-order valence-electron chi connectivity index (χ0n) is 27.3. The van der Waals surface area contributed by atoms with Gasteiger partial charge in [0.05, 0.1) is 6.42 Å². The highest BCUT2D eigenvalue weighted by atomic mass is 16.6. The fraction of sp³-hybridized carbons (Fsp3) is 0.389. The third kappa shape index (κ3) is 9.41. The first-order valence-corrected chi connectivity index (χ1v) is 14.9. The molecule has 0 aromatic heterocycles. The van der Waals surface area contributed by atoms with Gasteiger partial charge in [0.2, 0.25) is 0 Å². The lowest BCUT2D eigenvalue weighted by Crippen LogP contribution is -2.24. The van der Waals surface area contributed by atoms with Crippen molar-refractivity contribution in [3.05, 3.63) is 75.4 Å². The highest BCUT2D eigenvalue weighted by Crippen LogP contribution is 2.47. The summed E-state index contributed by atoms with van der Waals surface area (Å²) in [5.74, 6) is -2.23. The predicted octanol–water partition coefficient (Wildman–Crippen LogP) is 7.62. The number of carbonyl (C=O) groups excluding carboxylic acids is 4. The maximum Gasteiger partial charge on any atom is 0.308 e. The Morgan fingerprint density at radius 3 is 2.02 bits per heavy atom. The van der Waals surface area contributed by atoms with Crippen LogP contribution >= 0.6 is 0 Å². The van der Waals surface area contributed by atoms with Gasteiger partial charge in [0.1, 0.15) is 23.2 Å². The van der Waals surface area contributed by atoms with Gasteiger partial charge in [0, 0.05) is 43.5 Å². The normalized spacial score (nSPS) is 14.1. The van der Waals surface area contributed by atoms with E-state index in [1.165, 1.54) is 38.5 Å². The molecule has 0 fully saturated rings. The molecule has 0 bridgehead atoms. The lowest BCUT2D eigenvalue weighted by atomic mass is 9.89. The molecular formula is C36H42O9. The van der Waals surface area contributed by atoms with Crippen LogP contribution in [0, 0.1) is 0 Å². The van der Waals surface area contributed by atoms with Crippen LogP contribution in [0.1, 0.15) is 108 Å². The summed E-state index contributed by atoms with van der Waals surface area (Å²) in [6.45, 7) is 13.6. The van der Waals surface area contributed by atoms with E-state index in [-0.39, 0.29) is 52.9 Å². The maximum absolute atomic E-state index is 13.8. The second kappa shape index (κ2) is 15.4. The Bertz CT molecular complexity index is 1580. The molecule has 2 aromatic carbocycles. The second-order valence-electron chi connectivity index (χ2n) is 11.6. The smallest absolute Gasteiger partial charge is 0.308 e. The molecule has 0 saturated carbocycles. The van der Waals surface area contributed by atoms with Gasteiger partial charge in [-0.1, -0.05) is 41.0 Å². The number of aromatic hydroxyl groups is 1. The Morgan fingerprint density at radius 2 is 1.42 bits per heavy atom. The molecule has 0 aliphatic carbocycles. The molecule has 0 radical (unpaired) electrons. The van der Waals surface area contributed by atoms with Gasteiger partial charge in [-0.15, -0.1) is 0 Å². The van der Waals surface area contributed by atoms with E-state index in [9.17, 15) is 24.3 Å². The molecule has 0 amide bonds. The number of ether oxygens (including phenoxy) is 4. The van der Waals surface area contributed by atoms with Crippen molar-refractivity contribution in [1.29, 1.82) is 0 Å². The van der Waals surface area contributed by atoms with Gasteiger partial charge in [0.25, 0.3) is 0 Å². The average molecular weight is 619 g/mol. The summed E-state index contributed by atoms with van der Waals surface area (Å²) in [5.41, 5.74) is 4.73. The van der Waals surface area contributed by atoms with Crippen LogP contribution in [0.4, 0.5) is 0 Å². The molecule has 1 heterocycles. The van der Waals surface area contributed by atoms with Crippen molar-refractivity contribution in [2.75, 3.05) is 0 Å². The van der Waals surface area contributed by atoms with Crippen molar-refractivity contribution in [2.45, 2.75) is 93.6 Å². The summed E-state index contributed by atoms with van der Waals surface area (Å²) in [5, 5.41) is 11.0. The minimum absolute atomic E-state index is 0.0283. The molecule has 1 atom stereocenters. The van der Waals surface area contributed by atoms with E-state index in [1.54, 1.807) is 6.07 Å². The summed E-state index contributed by atoms with van der Waals surface area (Å²) in [6.07, 6.45) is 7.24. The largest absolute Gasteiger partial charge is 0.507 e. The molecular weight excluding hydrogens is 576 g/mol. The van der Waals surface area contributed by atoms with Crippen LogP contribution < -0.4 is 18.9 Å². The molecule has 1 aliphatic heterocycles. The van der Waals surface area contributed by atoms with Crippen molar-refractivity contribution >= 4 is 23.7 Å².